The molecule has 9 heavy (non-hydrogen) atoms. The molecule has 3 heteroatoms. The lowest BCUT2D eigenvalue weighted by atomic mass is 9.93. The van der Waals surface area contributed by atoms with E-state index in [-0.39, 0.29) is 0 Å². The van der Waals surface area contributed by atoms with Gasteiger partial charge >= 0.3 is 0 Å². The van der Waals surface area contributed by atoms with Gasteiger partial charge < -0.3 is 5.11 Å². The number of hydrogen-bond donors (Lipinski definition) is 2. The summed E-state index contributed by atoms with van der Waals surface area (Å²) in [5.41, 5.74) is 5.68. The molecule has 52 valence electrons. The van der Waals surface area contributed by atoms with Crippen LogP contribution in [-0.4, -0.2) is 10.8 Å². The van der Waals surface area contributed by atoms with E-state index in [1.165, 1.54) is 6.42 Å². The molecule has 0 bridgehead atoms. The Hall–Kier alpha value is -0.440. The molecule has 1 fully saturated rings. The second-order valence-electron chi connectivity index (χ2n) is 2.65. The largest absolute Gasteiger partial charge is 0.368 e. The third-order valence-electron chi connectivity index (χ3n) is 1.86. The second kappa shape index (κ2) is 2.43. The Balaban J connectivity index is 2.46. The molecule has 0 radical (unpaired) electrons. The average Bonchev–Trinajstić information content (AvgIpc) is 1.90. The van der Waals surface area contributed by atoms with Crippen molar-refractivity contribution in [1.82, 2.24) is 0 Å². The molecule has 0 aliphatic heterocycles. The van der Waals surface area contributed by atoms with E-state index in [9.17, 15) is 5.11 Å². The Morgan fingerprint density at radius 2 is 1.78 bits per heavy atom. The van der Waals surface area contributed by atoms with Gasteiger partial charge in [0.2, 0.25) is 0 Å². The minimum absolute atomic E-state index is 0.677. The normalized spacial score (nSPS) is 25.4. The van der Waals surface area contributed by atoms with Crippen LogP contribution in [0.1, 0.15) is 32.1 Å². The molecule has 1 saturated carbocycles. The van der Waals surface area contributed by atoms with Gasteiger partial charge in [0, 0.05) is 0 Å². The molecule has 0 aromatic rings. The molecule has 0 spiro atoms. The molecule has 2 N–H and O–H groups in total. The summed E-state index contributed by atoms with van der Waals surface area (Å²) in [5, 5.41) is 12.5. The van der Waals surface area contributed by atoms with Gasteiger partial charge in [0.1, 0.15) is 0 Å². The van der Waals surface area contributed by atoms with E-state index in [0.717, 1.165) is 12.8 Å². The predicted octanol–water partition coefficient (Wildman–Crippen LogP) is 1.67. The zero-order chi connectivity index (χ0) is 6.74. The summed E-state index contributed by atoms with van der Waals surface area (Å²) in [6.45, 7) is 0. The Labute approximate surface area is 54.6 Å². The molecule has 0 unspecified atom stereocenters. The van der Waals surface area contributed by atoms with Gasteiger partial charge in [-0.25, -0.2) is 5.53 Å². The second-order valence-corrected chi connectivity index (χ2v) is 2.65. The van der Waals surface area contributed by atoms with E-state index in [2.05, 4.69) is 5.11 Å². The quantitative estimate of drug-likeness (QED) is 0.518. The van der Waals surface area contributed by atoms with Gasteiger partial charge in [-0.1, -0.05) is 6.42 Å². The van der Waals surface area contributed by atoms with Crippen molar-refractivity contribution in [1.29, 1.82) is 5.53 Å². The van der Waals surface area contributed by atoms with Crippen molar-refractivity contribution in [3.8, 4) is 0 Å². The summed E-state index contributed by atoms with van der Waals surface area (Å²) in [6.07, 6.45) is 4.56. The summed E-state index contributed by atoms with van der Waals surface area (Å²) in [7, 11) is 0. The highest BCUT2D eigenvalue weighted by atomic mass is 16.3. The van der Waals surface area contributed by atoms with Crippen LogP contribution < -0.4 is 0 Å². The van der Waals surface area contributed by atoms with E-state index in [1.54, 1.807) is 0 Å². The van der Waals surface area contributed by atoms with Crippen molar-refractivity contribution in [2.45, 2.75) is 37.8 Å². The van der Waals surface area contributed by atoms with Gasteiger partial charge in [-0.2, -0.15) is 5.11 Å². The van der Waals surface area contributed by atoms with Crippen LogP contribution in [0.5, 0.6) is 0 Å². The van der Waals surface area contributed by atoms with Gasteiger partial charge in [-0.15, -0.1) is 0 Å². The lowest BCUT2D eigenvalue weighted by Crippen LogP contribution is -2.27. The molecule has 0 aromatic heterocycles. The predicted molar refractivity (Wildman–Crippen MR) is 33.2 cm³/mol. The molecule has 0 atom stereocenters. The minimum Gasteiger partial charge on any atom is -0.368 e. The molecule has 1 aliphatic rings. The van der Waals surface area contributed by atoms with Crippen molar-refractivity contribution in [2.75, 3.05) is 0 Å². The van der Waals surface area contributed by atoms with Crippen LogP contribution in [0.2, 0.25) is 0 Å². The number of hydrogen-bond acceptors (Lipinski definition) is 3. The van der Waals surface area contributed by atoms with Crippen molar-refractivity contribution < 1.29 is 5.11 Å². The molecule has 3 nitrogen and oxygen atoms in total. The van der Waals surface area contributed by atoms with Gasteiger partial charge in [0.05, 0.1) is 0 Å². The van der Waals surface area contributed by atoms with E-state index in [0.29, 0.717) is 12.8 Å². The molecule has 0 aromatic carbocycles. The molecule has 1 rings (SSSR count). The van der Waals surface area contributed by atoms with E-state index >= 15 is 0 Å². The smallest absolute Gasteiger partial charge is 0.175 e. The zero-order valence-electron chi connectivity index (χ0n) is 5.43. The first kappa shape index (κ1) is 6.68. The van der Waals surface area contributed by atoms with Gasteiger partial charge in [-0.3, -0.25) is 0 Å². The van der Waals surface area contributed by atoms with E-state index in [1.807, 2.05) is 0 Å². The Morgan fingerprint density at radius 1 is 1.22 bits per heavy atom. The fourth-order valence-electron chi connectivity index (χ4n) is 1.23. The van der Waals surface area contributed by atoms with Crippen LogP contribution in [0.25, 0.3) is 0 Å². The molecular weight excluding hydrogens is 116 g/mol. The highest BCUT2D eigenvalue weighted by Crippen LogP contribution is 2.28. The van der Waals surface area contributed by atoms with Crippen molar-refractivity contribution in [3.63, 3.8) is 0 Å². The molecule has 0 heterocycles. The van der Waals surface area contributed by atoms with Crippen molar-refractivity contribution in [3.05, 3.63) is 0 Å². The maximum atomic E-state index is 9.33. The summed E-state index contributed by atoms with van der Waals surface area (Å²) < 4.78 is 0. The lowest BCUT2D eigenvalue weighted by molar-refractivity contribution is 0.00318. The summed E-state index contributed by atoms with van der Waals surface area (Å²) in [6, 6.07) is 0. The maximum Gasteiger partial charge on any atom is 0.175 e. The van der Waals surface area contributed by atoms with Crippen LogP contribution in [0.15, 0.2) is 5.11 Å². The number of nitrogens with one attached hydrogen (secondary N) is 1. The SMILES string of the molecule is N=NC1(O)CCCCC1. The third kappa shape index (κ3) is 1.48. The number of rotatable bonds is 1. The first-order chi connectivity index (χ1) is 4.27. The van der Waals surface area contributed by atoms with E-state index < -0.39 is 5.72 Å². The first-order valence-corrected chi connectivity index (χ1v) is 3.38. The summed E-state index contributed by atoms with van der Waals surface area (Å²) in [4.78, 5) is 0. The fraction of sp³-hybridized carbons (Fsp3) is 1.00. The minimum atomic E-state index is -0.988. The Bertz CT molecular complexity index is 108. The van der Waals surface area contributed by atoms with Gasteiger partial charge in [-0.05, 0) is 25.7 Å². The van der Waals surface area contributed by atoms with Crippen LogP contribution >= 0.6 is 0 Å². The van der Waals surface area contributed by atoms with Gasteiger partial charge in [0.25, 0.3) is 0 Å². The number of aliphatic hydroxyl groups is 1. The van der Waals surface area contributed by atoms with Crippen LogP contribution in [0.3, 0.4) is 0 Å². The maximum absolute atomic E-state index is 9.33. The highest BCUT2D eigenvalue weighted by Gasteiger charge is 2.27. The summed E-state index contributed by atoms with van der Waals surface area (Å²) in [5.74, 6) is 0. The summed E-state index contributed by atoms with van der Waals surface area (Å²) >= 11 is 0. The Morgan fingerprint density at radius 3 is 2.11 bits per heavy atom. The topological polar surface area (TPSA) is 56.4 Å². The molecular formula is C6H12N2O. The van der Waals surface area contributed by atoms with Crippen molar-refractivity contribution >= 4 is 0 Å². The molecule has 0 saturated heterocycles. The van der Waals surface area contributed by atoms with Crippen LogP contribution in [0, 0.1) is 5.53 Å². The monoisotopic (exact) mass is 128 g/mol. The highest BCUT2D eigenvalue weighted by molar-refractivity contribution is 4.76. The van der Waals surface area contributed by atoms with E-state index in [4.69, 9.17) is 5.53 Å². The zero-order valence-corrected chi connectivity index (χ0v) is 5.43. The van der Waals surface area contributed by atoms with Crippen LogP contribution in [0.4, 0.5) is 0 Å². The van der Waals surface area contributed by atoms with Crippen LogP contribution in [-0.2, 0) is 0 Å². The lowest BCUT2D eigenvalue weighted by Gasteiger charge is -2.25. The average molecular weight is 128 g/mol. The molecule has 0 amide bonds. The Kier molecular flexibility index (Phi) is 1.81. The van der Waals surface area contributed by atoms with Crippen molar-refractivity contribution in [2.24, 2.45) is 5.11 Å². The standard InChI is InChI=1S/C6H12N2O/c7-8-6(9)4-2-1-3-5-6/h7,9H,1-5H2. The fourth-order valence-corrected chi connectivity index (χ4v) is 1.23. The van der Waals surface area contributed by atoms with Gasteiger partial charge in [0.15, 0.2) is 5.72 Å². The first-order valence-electron chi connectivity index (χ1n) is 3.38. The molecule has 1 aliphatic carbocycles. The number of nitrogens with zero attached hydrogens (tertiary/aromatic N) is 1. The third-order valence-corrected chi connectivity index (χ3v) is 1.86.